The van der Waals surface area contributed by atoms with E-state index in [-0.39, 0.29) is 0 Å². The monoisotopic (exact) mass is 374 g/mol. The number of para-hydroxylation sites is 1. The van der Waals surface area contributed by atoms with Crippen molar-refractivity contribution in [2.24, 2.45) is 0 Å². The molecule has 2 aromatic carbocycles. The van der Waals surface area contributed by atoms with Crippen LogP contribution in [0, 0.1) is 13.8 Å². The number of aryl methyl sites for hydroxylation is 2. The second-order valence-corrected chi connectivity index (χ2v) is 6.96. The van der Waals surface area contributed by atoms with Crippen LogP contribution in [0.3, 0.4) is 0 Å². The van der Waals surface area contributed by atoms with Gasteiger partial charge in [0.15, 0.2) is 10.9 Å². The number of rotatable bonds is 5. The summed E-state index contributed by atoms with van der Waals surface area (Å²) < 4.78 is 5.97. The molecule has 4 aromatic rings. The molecule has 0 amide bonds. The van der Waals surface area contributed by atoms with Gasteiger partial charge in [-0.25, -0.2) is 9.97 Å². The van der Waals surface area contributed by atoms with E-state index in [1.807, 2.05) is 47.8 Å². The number of thiazole rings is 1. The van der Waals surface area contributed by atoms with E-state index in [1.54, 1.807) is 29.9 Å². The Labute approximate surface area is 161 Å². The Bertz CT molecular complexity index is 1030. The predicted octanol–water partition coefficient (Wildman–Crippen LogP) is 5.75. The zero-order chi connectivity index (χ0) is 18.6. The minimum atomic E-state index is 0.679. The first-order valence-corrected chi connectivity index (χ1v) is 9.40. The molecule has 2 heterocycles. The molecule has 27 heavy (non-hydrogen) atoms. The molecule has 1 N–H and O–H groups in total. The molecule has 0 spiro atoms. The van der Waals surface area contributed by atoms with Gasteiger partial charge in [-0.05, 0) is 49.2 Å². The molecular formula is C21H18N4OS. The van der Waals surface area contributed by atoms with Gasteiger partial charge in [0, 0.05) is 23.3 Å². The maximum Gasteiger partial charge on any atom is 0.188 e. The first-order chi connectivity index (χ1) is 13.2. The number of aromatic nitrogens is 3. The van der Waals surface area contributed by atoms with Gasteiger partial charge in [0.25, 0.3) is 0 Å². The van der Waals surface area contributed by atoms with Crippen LogP contribution in [0.2, 0.25) is 0 Å². The largest absolute Gasteiger partial charge is 0.457 e. The standard InChI is InChI=1S/C21H18N4OS/c1-14-10-17(26-16-6-4-3-5-7-16)11-15(2)20(14)18-13-27-21(24-18)25-19-12-22-8-9-23-19/h3-13H,1-2H3,(H,23,24,25). The minimum absolute atomic E-state index is 0.679. The number of nitrogens with one attached hydrogen (secondary N) is 1. The molecule has 0 radical (unpaired) electrons. The van der Waals surface area contributed by atoms with Crippen LogP contribution in [-0.4, -0.2) is 15.0 Å². The van der Waals surface area contributed by atoms with E-state index in [0.717, 1.165) is 39.0 Å². The van der Waals surface area contributed by atoms with Crippen LogP contribution in [0.15, 0.2) is 66.4 Å². The minimum Gasteiger partial charge on any atom is -0.457 e. The summed E-state index contributed by atoms with van der Waals surface area (Å²) in [5, 5.41) is 6.02. The lowest BCUT2D eigenvalue weighted by atomic mass is 10.0. The highest BCUT2D eigenvalue weighted by molar-refractivity contribution is 7.14. The van der Waals surface area contributed by atoms with Crippen LogP contribution in [-0.2, 0) is 0 Å². The van der Waals surface area contributed by atoms with E-state index in [0.29, 0.717) is 5.82 Å². The lowest BCUT2D eigenvalue weighted by molar-refractivity contribution is 0.482. The number of hydrogen-bond acceptors (Lipinski definition) is 6. The van der Waals surface area contributed by atoms with Crippen molar-refractivity contribution in [1.29, 1.82) is 0 Å². The molecule has 2 aromatic heterocycles. The Balaban J connectivity index is 1.59. The number of anilines is 2. The van der Waals surface area contributed by atoms with Crippen molar-refractivity contribution < 1.29 is 4.74 Å². The average Bonchev–Trinajstić information content (AvgIpc) is 3.11. The van der Waals surface area contributed by atoms with Gasteiger partial charge in [0.1, 0.15) is 11.5 Å². The van der Waals surface area contributed by atoms with Crippen molar-refractivity contribution in [2.45, 2.75) is 13.8 Å². The first kappa shape index (κ1) is 17.2. The van der Waals surface area contributed by atoms with Gasteiger partial charge in [-0.3, -0.25) is 4.98 Å². The molecule has 0 aliphatic carbocycles. The molecule has 0 aliphatic rings. The molecule has 0 bridgehead atoms. The Morgan fingerprint density at radius 1 is 0.963 bits per heavy atom. The number of hydrogen-bond donors (Lipinski definition) is 1. The van der Waals surface area contributed by atoms with Gasteiger partial charge in [-0.1, -0.05) is 18.2 Å². The van der Waals surface area contributed by atoms with E-state index < -0.39 is 0 Å². The fourth-order valence-electron chi connectivity index (χ4n) is 2.93. The molecule has 0 fully saturated rings. The van der Waals surface area contributed by atoms with Crippen molar-refractivity contribution >= 4 is 22.3 Å². The Morgan fingerprint density at radius 3 is 2.44 bits per heavy atom. The van der Waals surface area contributed by atoms with E-state index in [1.165, 1.54) is 0 Å². The second kappa shape index (κ2) is 7.55. The third-order valence-corrected chi connectivity index (χ3v) is 4.80. The molecule has 0 aliphatic heterocycles. The summed E-state index contributed by atoms with van der Waals surface area (Å²) in [4.78, 5) is 13.0. The molecule has 0 atom stereocenters. The van der Waals surface area contributed by atoms with Crippen molar-refractivity contribution in [3.05, 3.63) is 77.6 Å². The van der Waals surface area contributed by atoms with E-state index in [9.17, 15) is 0 Å². The van der Waals surface area contributed by atoms with E-state index >= 15 is 0 Å². The lowest BCUT2D eigenvalue weighted by Gasteiger charge is -2.12. The summed E-state index contributed by atoms with van der Waals surface area (Å²) in [5.41, 5.74) is 4.31. The molecule has 0 unspecified atom stereocenters. The van der Waals surface area contributed by atoms with Crippen LogP contribution in [0.25, 0.3) is 11.3 Å². The zero-order valence-corrected chi connectivity index (χ0v) is 15.8. The lowest BCUT2D eigenvalue weighted by Crippen LogP contribution is -1.94. The molecular weight excluding hydrogens is 356 g/mol. The van der Waals surface area contributed by atoms with Crippen LogP contribution in [0.5, 0.6) is 11.5 Å². The zero-order valence-electron chi connectivity index (χ0n) is 15.0. The summed E-state index contributed by atoms with van der Waals surface area (Å²) in [6.45, 7) is 4.16. The summed E-state index contributed by atoms with van der Waals surface area (Å²) in [6, 6.07) is 13.9. The topological polar surface area (TPSA) is 59.9 Å². The SMILES string of the molecule is Cc1cc(Oc2ccccc2)cc(C)c1-c1csc(Nc2cnccn2)n1. The average molecular weight is 374 g/mol. The Hall–Kier alpha value is -3.25. The molecule has 5 nitrogen and oxygen atoms in total. The highest BCUT2D eigenvalue weighted by atomic mass is 32.1. The molecule has 6 heteroatoms. The van der Waals surface area contributed by atoms with E-state index in [4.69, 9.17) is 9.72 Å². The fourth-order valence-corrected chi connectivity index (χ4v) is 3.64. The van der Waals surface area contributed by atoms with Crippen LogP contribution in [0.4, 0.5) is 10.9 Å². The van der Waals surface area contributed by atoms with Gasteiger partial charge in [0.05, 0.1) is 11.9 Å². The van der Waals surface area contributed by atoms with Crippen molar-refractivity contribution in [3.8, 4) is 22.8 Å². The van der Waals surface area contributed by atoms with Gasteiger partial charge in [0.2, 0.25) is 0 Å². The van der Waals surface area contributed by atoms with Crippen LogP contribution >= 0.6 is 11.3 Å². The highest BCUT2D eigenvalue weighted by Gasteiger charge is 2.13. The molecule has 134 valence electrons. The number of benzene rings is 2. The van der Waals surface area contributed by atoms with Gasteiger partial charge in [-0.2, -0.15) is 0 Å². The maximum atomic E-state index is 5.97. The van der Waals surface area contributed by atoms with Gasteiger partial charge in [-0.15, -0.1) is 11.3 Å². The Kier molecular flexibility index (Phi) is 4.80. The number of nitrogens with zero attached hydrogens (tertiary/aromatic N) is 3. The van der Waals surface area contributed by atoms with Crippen molar-refractivity contribution in [3.63, 3.8) is 0 Å². The summed E-state index contributed by atoms with van der Waals surface area (Å²) >= 11 is 1.54. The Morgan fingerprint density at radius 2 is 1.74 bits per heavy atom. The first-order valence-electron chi connectivity index (χ1n) is 8.52. The summed E-state index contributed by atoms with van der Waals surface area (Å²) in [6.07, 6.45) is 4.97. The van der Waals surface area contributed by atoms with Crippen LogP contribution in [0.1, 0.15) is 11.1 Å². The highest BCUT2D eigenvalue weighted by Crippen LogP contribution is 2.34. The van der Waals surface area contributed by atoms with Gasteiger partial charge < -0.3 is 10.1 Å². The summed E-state index contributed by atoms with van der Waals surface area (Å²) in [5.74, 6) is 2.33. The maximum absolute atomic E-state index is 5.97. The van der Waals surface area contributed by atoms with Gasteiger partial charge >= 0.3 is 0 Å². The third-order valence-electron chi connectivity index (χ3n) is 4.04. The normalized spacial score (nSPS) is 10.6. The third kappa shape index (κ3) is 3.96. The second-order valence-electron chi connectivity index (χ2n) is 6.10. The molecule has 4 rings (SSSR count). The predicted molar refractivity (Wildman–Crippen MR) is 109 cm³/mol. The smallest absolute Gasteiger partial charge is 0.188 e. The number of ether oxygens (including phenoxy) is 1. The van der Waals surface area contributed by atoms with E-state index in [2.05, 4.69) is 29.1 Å². The van der Waals surface area contributed by atoms with Crippen LogP contribution < -0.4 is 10.1 Å². The quantitative estimate of drug-likeness (QED) is 0.482. The van der Waals surface area contributed by atoms with Crippen molar-refractivity contribution in [1.82, 2.24) is 15.0 Å². The fraction of sp³-hybridized carbons (Fsp3) is 0.0952. The summed E-state index contributed by atoms with van der Waals surface area (Å²) in [7, 11) is 0. The molecule has 0 saturated heterocycles. The van der Waals surface area contributed by atoms with Crippen molar-refractivity contribution in [2.75, 3.05) is 5.32 Å². The molecule has 0 saturated carbocycles.